The quantitative estimate of drug-likeness (QED) is 0.641. The third-order valence-corrected chi connectivity index (χ3v) is 2.08. The van der Waals surface area contributed by atoms with E-state index < -0.39 is 11.6 Å². The van der Waals surface area contributed by atoms with Gasteiger partial charge < -0.3 is 14.6 Å². The first kappa shape index (κ1) is 13.4. The van der Waals surface area contributed by atoms with Crippen molar-refractivity contribution < 1.29 is 19.4 Å². The highest BCUT2D eigenvalue weighted by Crippen LogP contribution is 2.14. The fraction of sp³-hybridized carbons (Fsp3) is 0.900. The van der Waals surface area contributed by atoms with Crippen molar-refractivity contribution in [2.45, 2.75) is 45.8 Å². The van der Waals surface area contributed by atoms with Gasteiger partial charge in [0.15, 0.2) is 5.60 Å². The molecule has 4 heteroatoms. The zero-order valence-electron chi connectivity index (χ0n) is 9.37. The molecule has 1 atom stereocenters. The SMILES string of the molecule is CCC(C)(OCCOC(C)C)C(=O)O. The molecule has 0 amide bonds. The Hall–Kier alpha value is -0.610. The summed E-state index contributed by atoms with van der Waals surface area (Å²) < 4.78 is 10.5. The smallest absolute Gasteiger partial charge is 0.335 e. The van der Waals surface area contributed by atoms with Gasteiger partial charge in [0.1, 0.15) is 0 Å². The largest absolute Gasteiger partial charge is 0.479 e. The molecule has 0 heterocycles. The maximum atomic E-state index is 10.8. The summed E-state index contributed by atoms with van der Waals surface area (Å²) in [6.45, 7) is 7.96. The van der Waals surface area contributed by atoms with E-state index in [4.69, 9.17) is 14.6 Å². The molecular formula is C10H20O4. The third-order valence-electron chi connectivity index (χ3n) is 2.08. The summed E-state index contributed by atoms with van der Waals surface area (Å²) in [6, 6.07) is 0. The van der Waals surface area contributed by atoms with E-state index in [1.54, 1.807) is 13.8 Å². The van der Waals surface area contributed by atoms with Crippen LogP contribution in [0.4, 0.5) is 0 Å². The van der Waals surface area contributed by atoms with Crippen LogP contribution in [0.2, 0.25) is 0 Å². The number of carbonyl (C=O) groups is 1. The molecule has 0 aromatic heterocycles. The van der Waals surface area contributed by atoms with E-state index in [1.165, 1.54) is 0 Å². The van der Waals surface area contributed by atoms with Gasteiger partial charge in [-0.05, 0) is 27.2 Å². The molecule has 0 bridgehead atoms. The van der Waals surface area contributed by atoms with E-state index in [0.717, 1.165) is 0 Å². The van der Waals surface area contributed by atoms with E-state index in [9.17, 15) is 4.79 Å². The Morgan fingerprint density at radius 2 is 2.00 bits per heavy atom. The highest BCUT2D eigenvalue weighted by atomic mass is 16.6. The number of aliphatic carboxylic acids is 1. The van der Waals surface area contributed by atoms with E-state index in [-0.39, 0.29) is 6.10 Å². The summed E-state index contributed by atoms with van der Waals surface area (Å²) in [5.41, 5.74) is -1.08. The highest BCUT2D eigenvalue weighted by Gasteiger charge is 2.31. The van der Waals surface area contributed by atoms with Crippen molar-refractivity contribution in [2.24, 2.45) is 0 Å². The predicted molar refractivity (Wildman–Crippen MR) is 53.4 cm³/mol. The van der Waals surface area contributed by atoms with Crippen molar-refractivity contribution in [1.29, 1.82) is 0 Å². The molecule has 14 heavy (non-hydrogen) atoms. The zero-order valence-corrected chi connectivity index (χ0v) is 9.37. The van der Waals surface area contributed by atoms with Gasteiger partial charge in [0, 0.05) is 0 Å². The van der Waals surface area contributed by atoms with Crippen LogP contribution in [0.1, 0.15) is 34.1 Å². The normalized spacial score (nSPS) is 15.5. The Morgan fingerprint density at radius 1 is 1.43 bits per heavy atom. The summed E-state index contributed by atoms with van der Waals surface area (Å²) in [5.74, 6) is -0.926. The van der Waals surface area contributed by atoms with Gasteiger partial charge in [-0.1, -0.05) is 6.92 Å². The van der Waals surface area contributed by atoms with Crippen LogP contribution in [0.5, 0.6) is 0 Å². The second kappa shape index (κ2) is 5.98. The number of carboxylic acids is 1. The van der Waals surface area contributed by atoms with Crippen molar-refractivity contribution in [1.82, 2.24) is 0 Å². The van der Waals surface area contributed by atoms with Crippen molar-refractivity contribution in [3.8, 4) is 0 Å². The highest BCUT2D eigenvalue weighted by molar-refractivity contribution is 5.76. The fourth-order valence-electron chi connectivity index (χ4n) is 0.866. The lowest BCUT2D eigenvalue weighted by Gasteiger charge is -2.23. The summed E-state index contributed by atoms with van der Waals surface area (Å²) >= 11 is 0. The predicted octanol–water partition coefficient (Wildman–Crippen LogP) is 1.68. The van der Waals surface area contributed by atoms with E-state index in [2.05, 4.69) is 0 Å². The number of hydrogen-bond donors (Lipinski definition) is 1. The van der Waals surface area contributed by atoms with Gasteiger partial charge in [-0.15, -0.1) is 0 Å². The molecular weight excluding hydrogens is 184 g/mol. The molecule has 0 spiro atoms. The fourth-order valence-corrected chi connectivity index (χ4v) is 0.866. The van der Waals surface area contributed by atoms with Gasteiger partial charge in [0.2, 0.25) is 0 Å². The maximum absolute atomic E-state index is 10.8. The molecule has 0 aromatic carbocycles. The Kier molecular flexibility index (Phi) is 5.72. The first-order chi connectivity index (χ1) is 6.42. The van der Waals surface area contributed by atoms with Gasteiger partial charge >= 0.3 is 5.97 Å². The van der Waals surface area contributed by atoms with Crippen LogP contribution in [0, 0.1) is 0 Å². The van der Waals surface area contributed by atoms with Crippen LogP contribution in [-0.4, -0.2) is 36.0 Å². The monoisotopic (exact) mass is 204 g/mol. The molecule has 1 unspecified atom stereocenters. The summed E-state index contributed by atoms with van der Waals surface area (Å²) in [7, 11) is 0. The lowest BCUT2D eigenvalue weighted by Crippen LogP contribution is -2.38. The van der Waals surface area contributed by atoms with Gasteiger partial charge in [-0.25, -0.2) is 4.79 Å². The van der Waals surface area contributed by atoms with Gasteiger partial charge in [0.25, 0.3) is 0 Å². The molecule has 0 saturated carbocycles. The number of carboxylic acid groups (broad SMARTS) is 1. The first-order valence-electron chi connectivity index (χ1n) is 4.91. The molecule has 84 valence electrons. The van der Waals surface area contributed by atoms with Crippen molar-refractivity contribution >= 4 is 5.97 Å². The van der Waals surface area contributed by atoms with E-state index in [1.807, 2.05) is 13.8 Å². The molecule has 0 aliphatic heterocycles. The second-order valence-electron chi connectivity index (χ2n) is 3.66. The maximum Gasteiger partial charge on any atom is 0.335 e. The van der Waals surface area contributed by atoms with Crippen molar-refractivity contribution in [3.63, 3.8) is 0 Å². The Labute approximate surface area is 85.2 Å². The number of ether oxygens (including phenoxy) is 2. The first-order valence-corrected chi connectivity index (χ1v) is 4.91. The van der Waals surface area contributed by atoms with Gasteiger partial charge in [-0.2, -0.15) is 0 Å². The van der Waals surface area contributed by atoms with Crippen molar-refractivity contribution in [3.05, 3.63) is 0 Å². The summed E-state index contributed by atoms with van der Waals surface area (Å²) in [5, 5.41) is 8.88. The molecule has 0 radical (unpaired) electrons. The number of hydrogen-bond acceptors (Lipinski definition) is 3. The Balaban J connectivity index is 3.79. The van der Waals surface area contributed by atoms with Crippen LogP contribution >= 0.6 is 0 Å². The molecule has 0 aliphatic carbocycles. The van der Waals surface area contributed by atoms with Gasteiger partial charge in [-0.3, -0.25) is 0 Å². The van der Waals surface area contributed by atoms with E-state index >= 15 is 0 Å². The molecule has 0 aliphatic rings. The Morgan fingerprint density at radius 3 is 2.36 bits per heavy atom. The topological polar surface area (TPSA) is 55.8 Å². The number of rotatable bonds is 7. The van der Waals surface area contributed by atoms with E-state index in [0.29, 0.717) is 19.6 Å². The second-order valence-corrected chi connectivity index (χ2v) is 3.66. The minimum Gasteiger partial charge on any atom is -0.479 e. The van der Waals surface area contributed by atoms with Crippen LogP contribution < -0.4 is 0 Å². The average molecular weight is 204 g/mol. The lowest BCUT2D eigenvalue weighted by atomic mass is 10.0. The van der Waals surface area contributed by atoms with Crippen LogP contribution in [0.25, 0.3) is 0 Å². The summed E-state index contributed by atoms with van der Waals surface area (Å²) in [6.07, 6.45) is 0.598. The van der Waals surface area contributed by atoms with Crippen molar-refractivity contribution in [2.75, 3.05) is 13.2 Å². The molecule has 4 nitrogen and oxygen atoms in total. The lowest BCUT2D eigenvalue weighted by molar-refractivity contribution is -0.166. The molecule has 0 rings (SSSR count). The van der Waals surface area contributed by atoms with Crippen LogP contribution in [0.3, 0.4) is 0 Å². The standard InChI is InChI=1S/C10H20O4/c1-5-10(4,9(11)12)14-7-6-13-8(2)3/h8H,5-7H2,1-4H3,(H,11,12). The zero-order chi connectivity index (χ0) is 11.2. The molecule has 0 fully saturated rings. The van der Waals surface area contributed by atoms with Crippen LogP contribution in [0.15, 0.2) is 0 Å². The average Bonchev–Trinajstić information content (AvgIpc) is 2.11. The Bertz CT molecular complexity index is 179. The third kappa shape index (κ3) is 4.58. The molecule has 0 aromatic rings. The van der Waals surface area contributed by atoms with Crippen LogP contribution in [-0.2, 0) is 14.3 Å². The molecule has 1 N–H and O–H groups in total. The minimum atomic E-state index is -1.08. The summed E-state index contributed by atoms with van der Waals surface area (Å²) in [4.78, 5) is 10.8. The van der Waals surface area contributed by atoms with Gasteiger partial charge in [0.05, 0.1) is 19.3 Å². The minimum absolute atomic E-state index is 0.149. The molecule has 0 saturated heterocycles.